The molecule has 2 aromatic carbocycles. The molecule has 0 aliphatic rings. The van der Waals surface area contributed by atoms with Crippen molar-refractivity contribution < 1.29 is 9.21 Å². The standard InChI is InChI=1S/C15H9BrClNO3/c1-18-12-3-2-8(6-13(12)21-15(18)20)14(19)9-4-10(16)7-11(17)5-9/h2-7H,1H3. The van der Waals surface area contributed by atoms with E-state index in [-0.39, 0.29) is 5.78 Å². The molecule has 3 aromatic rings. The number of oxazole rings is 1. The Morgan fingerprint density at radius 3 is 2.67 bits per heavy atom. The van der Waals surface area contributed by atoms with Gasteiger partial charge in [-0.05, 0) is 36.4 Å². The second kappa shape index (κ2) is 5.16. The Hall–Kier alpha value is -1.85. The first-order valence-corrected chi connectivity index (χ1v) is 7.23. The van der Waals surface area contributed by atoms with Crippen LogP contribution in [0.25, 0.3) is 11.1 Å². The monoisotopic (exact) mass is 365 g/mol. The zero-order chi connectivity index (χ0) is 15.1. The molecule has 1 heterocycles. The van der Waals surface area contributed by atoms with Gasteiger partial charge in [0.25, 0.3) is 0 Å². The molecule has 0 radical (unpaired) electrons. The van der Waals surface area contributed by atoms with Crippen LogP contribution in [0.3, 0.4) is 0 Å². The predicted octanol–water partition coefficient (Wildman–Crippen LogP) is 3.78. The van der Waals surface area contributed by atoms with Crippen molar-refractivity contribution >= 4 is 44.4 Å². The van der Waals surface area contributed by atoms with Crippen LogP contribution in [-0.2, 0) is 7.05 Å². The molecule has 0 spiro atoms. The van der Waals surface area contributed by atoms with Gasteiger partial charge in [0.1, 0.15) is 0 Å². The number of aryl methyl sites for hydroxylation is 1. The first-order chi connectivity index (χ1) is 9.95. The Kier molecular flexibility index (Phi) is 3.47. The highest BCUT2D eigenvalue weighted by molar-refractivity contribution is 9.10. The fourth-order valence-electron chi connectivity index (χ4n) is 2.13. The number of nitrogens with zero attached hydrogens (tertiary/aromatic N) is 1. The summed E-state index contributed by atoms with van der Waals surface area (Å²) in [5.74, 6) is -0.647. The molecule has 0 bridgehead atoms. The van der Waals surface area contributed by atoms with Gasteiger partial charge in [-0.3, -0.25) is 9.36 Å². The summed E-state index contributed by atoms with van der Waals surface area (Å²) in [5.41, 5.74) is 1.93. The lowest BCUT2D eigenvalue weighted by Crippen LogP contribution is -2.08. The Balaban J connectivity index is 2.11. The maximum absolute atomic E-state index is 12.5. The van der Waals surface area contributed by atoms with Crippen molar-refractivity contribution in [3.63, 3.8) is 0 Å². The number of ketones is 1. The highest BCUT2D eigenvalue weighted by atomic mass is 79.9. The average Bonchev–Trinajstić information content (AvgIpc) is 2.71. The Morgan fingerprint density at radius 2 is 1.95 bits per heavy atom. The van der Waals surface area contributed by atoms with E-state index in [1.165, 1.54) is 4.57 Å². The minimum atomic E-state index is -0.458. The Labute approximate surface area is 133 Å². The van der Waals surface area contributed by atoms with Gasteiger partial charge in [-0.2, -0.15) is 0 Å². The molecule has 0 fully saturated rings. The van der Waals surface area contributed by atoms with Gasteiger partial charge < -0.3 is 4.42 Å². The molecule has 0 unspecified atom stereocenters. The smallest absolute Gasteiger partial charge is 0.408 e. The van der Waals surface area contributed by atoms with Gasteiger partial charge in [-0.25, -0.2) is 4.79 Å². The van der Waals surface area contributed by atoms with Crippen molar-refractivity contribution in [2.75, 3.05) is 0 Å². The summed E-state index contributed by atoms with van der Waals surface area (Å²) < 4.78 is 7.21. The molecule has 1 aromatic heterocycles. The average molecular weight is 367 g/mol. The molecule has 4 nitrogen and oxygen atoms in total. The van der Waals surface area contributed by atoms with E-state index in [1.54, 1.807) is 43.4 Å². The minimum absolute atomic E-state index is 0.188. The Bertz CT molecular complexity index is 906. The molecule has 0 atom stereocenters. The lowest BCUT2D eigenvalue weighted by Gasteiger charge is -2.03. The third-order valence-electron chi connectivity index (χ3n) is 3.18. The van der Waals surface area contributed by atoms with Crippen LogP contribution in [0.1, 0.15) is 15.9 Å². The largest absolute Gasteiger partial charge is 0.419 e. The van der Waals surface area contributed by atoms with Gasteiger partial charge >= 0.3 is 5.76 Å². The van der Waals surface area contributed by atoms with Crippen molar-refractivity contribution in [3.05, 3.63) is 67.6 Å². The second-order valence-corrected chi connectivity index (χ2v) is 5.95. The molecule has 0 aliphatic heterocycles. The Morgan fingerprint density at radius 1 is 1.19 bits per heavy atom. The molecule has 106 valence electrons. The molecule has 21 heavy (non-hydrogen) atoms. The summed E-state index contributed by atoms with van der Waals surface area (Å²) in [6, 6.07) is 9.91. The molecule has 0 saturated heterocycles. The van der Waals surface area contributed by atoms with E-state index >= 15 is 0 Å². The molecule has 0 aliphatic carbocycles. The molecule has 0 saturated carbocycles. The van der Waals surface area contributed by atoms with Gasteiger partial charge in [-0.15, -0.1) is 0 Å². The lowest BCUT2D eigenvalue weighted by molar-refractivity contribution is 0.103. The number of hydrogen-bond acceptors (Lipinski definition) is 3. The van der Waals surface area contributed by atoms with E-state index in [9.17, 15) is 9.59 Å². The van der Waals surface area contributed by atoms with Crippen LogP contribution in [-0.4, -0.2) is 10.4 Å². The molecular formula is C15H9BrClNO3. The SMILES string of the molecule is Cn1c(=O)oc2cc(C(=O)c3cc(Cl)cc(Br)c3)ccc21. The first kappa shape index (κ1) is 14.1. The summed E-state index contributed by atoms with van der Waals surface area (Å²) in [4.78, 5) is 23.9. The second-order valence-electron chi connectivity index (χ2n) is 4.60. The fourth-order valence-corrected chi connectivity index (χ4v) is 2.99. The first-order valence-electron chi connectivity index (χ1n) is 6.06. The molecule has 3 rings (SSSR count). The van der Waals surface area contributed by atoms with E-state index in [0.29, 0.717) is 27.2 Å². The number of aromatic nitrogens is 1. The van der Waals surface area contributed by atoms with Crippen molar-refractivity contribution in [2.45, 2.75) is 0 Å². The molecular weight excluding hydrogens is 358 g/mol. The van der Waals surface area contributed by atoms with Crippen molar-refractivity contribution in [1.82, 2.24) is 4.57 Å². The highest BCUT2D eigenvalue weighted by Crippen LogP contribution is 2.23. The number of carbonyl (C=O) groups excluding carboxylic acids is 1. The van der Waals surface area contributed by atoms with Crippen LogP contribution in [0.4, 0.5) is 0 Å². The number of rotatable bonds is 2. The number of halogens is 2. The summed E-state index contributed by atoms with van der Waals surface area (Å²) in [7, 11) is 1.61. The van der Waals surface area contributed by atoms with Crippen LogP contribution < -0.4 is 5.76 Å². The van der Waals surface area contributed by atoms with Gasteiger partial charge in [0, 0.05) is 27.7 Å². The minimum Gasteiger partial charge on any atom is -0.408 e. The van der Waals surface area contributed by atoms with Gasteiger partial charge in [0.05, 0.1) is 5.52 Å². The molecule has 6 heteroatoms. The van der Waals surface area contributed by atoms with Crippen LogP contribution in [0.2, 0.25) is 5.02 Å². The number of carbonyl (C=O) groups is 1. The van der Waals surface area contributed by atoms with Gasteiger partial charge in [0.15, 0.2) is 11.4 Å². The maximum Gasteiger partial charge on any atom is 0.419 e. The van der Waals surface area contributed by atoms with E-state index in [0.717, 1.165) is 4.47 Å². The zero-order valence-corrected chi connectivity index (χ0v) is 13.2. The van der Waals surface area contributed by atoms with Crippen LogP contribution in [0.5, 0.6) is 0 Å². The number of fused-ring (bicyclic) bond motifs is 1. The van der Waals surface area contributed by atoms with Gasteiger partial charge in [-0.1, -0.05) is 27.5 Å². The third kappa shape index (κ3) is 2.54. The van der Waals surface area contributed by atoms with E-state index in [2.05, 4.69) is 15.9 Å². The molecule has 0 N–H and O–H groups in total. The van der Waals surface area contributed by atoms with Crippen molar-refractivity contribution in [2.24, 2.45) is 7.05 Å². The van der Waals surface area contributed by atoms with Crippen LogP contribution >= 0.6 is 27.5 Å². The van der Waals surface area contributed by atoms with Gasteiger partial charge in [0.2, 0.25) is 0 Å². The number of hydrogen-bond donors (Lipinski definition) is 0. The summed E-state index contributed by atoms with van der Waals surface area (Å²) in [6.45, 7) is 0. The van der Waals surface area contributed by atoms with Crippen LogP contribution in [0.15, 0.2) is 50.1 Å². The van der Waals surface area contributed by atoms with Crippen molar-refractivity contribution in [1.29, 1.82) is 0 Å². The predicted molar refractivity (Wildman–Crippen MR) is 84.0 cm³/mol. The number of benzene rings is 2. The topological polar surface area (TPSA) is 52.2 Å². The summed E-state index contributed by atoms with van der Waals surface area (Å²) in [5, 5.41) is 0.472. The van der Waals surface area contributed by atoms with E-state index in [4.69, 9.17) is 16.0 Å². The highest BCUT2D eigenvalue weighted by Gasteiger charge is 2.14. The summed E-state index contributed by atoms with van der Waals surface area (Å²) >= 11 is 9.26. The molecule has 0 amide bonds. The quantitative estimate of drug-likeness (QED) is 0.649. The van der Waals surface area contributed by atoms with E-state index < -0.39 is 5.76 Å². The zero-order valence-electron chi connectivity index (χ0n) is 10.9. The maximum atomic E-state index is 12.5. The normalized spacial score (nSPS) is 11.0. The third-order valence-corrected chi connectivity index (χ3v) is 3.86. The van der Waals surface area contributed by atoms with Crippen LogP contribution in [0, 0.1) is 0 Å². The summed E-state index contributed by atoms with van der Waals surface area (Å²) in [6.07, 6.45) is 0. The fraction of sp³-hybridized carbons (Fsp3) is 0.0667. The van der Waals surface area contributed by atoms with Crippen molar-refractivity contribution in [3.8, 4) is 0 Å². The van der Waals surface area contributed by atoms with E-state index in [1.807, 2.05) is 0 Å². The lowest BCUT2D eigenvalue weighted by atomic mass is 10.0.